The first-order chi connectivity index (χ1) is 14.7. The topological polar surface area (TPSA) is 32.8 Å². The highest BCUT2D eigenvalue weighted by molar-refractivity contribution is 7.01. The summed E-state index contributed by atoms with van der Waals surface area (Å²) in [5.74, 6) is -0.248. The lowest BCUT2D eigenvalue weighted by molar-refractivity contribution is 0.0255. The molecule has 31 heavy (non-hydrogen) atoms. The van der Waals surface area contributed by atoms with Gasteiger partial charge >= 0.3 is 5.97 Å². The minimum absolute atomic E-state index is 0.248. The van der Waals surface area contributed by atoms with Crippen LogP contribution in [-0.2, 0) is 10.3 Å². The first-order valence-electron chi connectivity index (χ1n) is 10.7. The molecule has 0 N–H and O–H groups in total. The normalized spacial score (nSPS) is 16.9. The van der Waals surface area contributed by atoms with Gasteiger partial charge in [-0.1, -0.05) is 43.4 Å². The lowest BCUT2D eigenvalue weighted by Gasteiger charge is -2.44. The van der Waals surface area contributed by atoms with Gasteiger partial charge in [0.25, 0.3) is 0 Å². The maximum Gasteiger partial charge on any atom is 0.340 e. The van der Waals surface area contributed by atoms with E-state index in [0.717, 1.165) is 16.7 Å². The van der Waals surface area contributed by atoms with E-state index in [1.54, 1.807) is 0 Å². The smallest absolute Gasteiger partial charge is 0.340 e. The molecule has 0 saturated carbocycles. The zero-order valence-corrected chi connectivity index (χ0v) is 20.0. The van der Waals surface area contributed by atoms with Gasteiger partial charge in [-0.25, -0.2) is 4.79 Å². The van der Waals surface area contributed by atoms with Crippen LogP contribution in [0.15, 0.2) is 60.7 Å². The zero-order chi connectivity index (χ0) is 22.1. The molecule has 0 radical (unpaired) electrons. The number of hydrogen-bond donors (Lipinski definition) is 0. The second kappa shape index (κ2) is 6.47. The maximum atomic E-state index is 13.0. The highest BCUT2D eigenvalue weighted by Crippen LogP contribution is 2.49. The number of esters is 1. The third-order valence-corrected chi connectivity index (χ3v) is 10.4. The van der Waals surface area contributed by atoms with Crippen LogP contribution in [0.2, 0.25) is 13.1 Å². The van der Waals surface area contributed by atoms with Crippen molar-refractivity contribution in [1.29, 1.82) is 0 Å². The highest BCUT2D eigenvalue weighted by Gasteiger charge is 2.55. The van der Waals surface area contributed by atoms with Gasteiger partial charge in [0.15, 0.2) is 5.60 Å². The average molecular weight is 429 g/mol. The fraction of sp³-hybridized carbons (Fsp3) is 0.269. The van der Waals surface area contributed by atoms with Crippen molar-refractivity contribution >= 4 is 35.8 Å². The lowest BCUT2D eigenvalue weighted by atomic mass is 9.79. The van der Waals surface area contributed by atoms with Crippen LogP contribution < -0.4 is 20.2 Å². The summed E-state index contributed by atoms with van der Waals surface area (Å²) in [5, 5.41) is 2.65. The Morgan fingerprint density at radius 2 is 1.26 bits per heavy atom. The van der Waals surface area contributed by atoms with Gasteiger partial charge in [-0.15, -0.1) is 0 Å². The predicted octanol–water partition coefficient (Wildman–Crippen LogP) is 3.42. The van der Waals surface area contributed by atoms with Gasteiger partial charge in [0.2, 0.25) is 0 Å². The molecule has 3 aromatic carbocycles. The molecule has 1 spiro atoms. The largest absolute Gasteiger partial charge is 0.441 e. The van der Waals surface area contributed by atoms with Crippen molar-refractivity contribution in [2.24, 2.45) is 0 Å². The molecule has 5 rings (SSSR count). The number of anilines is 2. The Morgan fingerprint density at radius 3 is 1.77 bits per heavy atom. The summed E-state index contributed by atoms with van der Waals surface area (Å²) in [6, 6.07) is 21.1. The Balaban J connectivity index is 1.92. The maximum absolute atomic E-state index is 13.0. The Bertz CT molecular complexity index is 1170. The van der Waals surface area contributed by atoms with Gasteiger partial charge in [0.1, 0.15) is 8.07 Å². The van der Waals surface area contributed by atoms with Crippen LogP contribution in [0, 0.1) is 0 Å². The van der Waals surface area contributed by atoms with Gasteiger partial charge in [0, 0.05) is 56.3 Å². The molecule has 0 amide bonds. The number of rotatable bonds is 2. The number of benzene rings is 3. The van der Waals surface area contributed by atoms with Crippen LogP contribution in [0.3, 0.4) is 0 Å². The van der Waals surface area contributed by atoms with Crippen LogP contribution in [0.25, 0.3) is 0 Å². The van der Waals surface area contributed by atoms with Crippen molar-refractivity contribution in [2.45, 2.75) is 18.7 Å². The molecule has 0 fully saturated rings. The van der Waals surface area contributed by atoms with Crippen LogP contribution in [0.5, 0.6) is 0 Å². The molecule has 0 unspecified atom stereocenters. The minimum atomic E-state index is -2.07. The molecule has 0 aromatic heterocycles. The van der Waals surface area contributed by atoms with E-state index in [-0.39, 0.29) is 5.97 Å². The molecular weight excluding hydrogens is 400 g/mol. The summed E-state index contributed by atoms with van der Waals surface area (Å²) in [6.45, 7) is 4.80. The van der Waals surface area contributed by atoms with E-state index in [0.29, 0.717) is 5.56 Å². The Hall–Kier alpha value is -3.05. The lowest BCUT2D eigenvalue weighted by Crippen LogP contribution is -2.63. The van der Waals surface area contributed by atoms with E-state index in [9.17, 15) is 4.79 Å². The van der Waals surface area contributed by atoms with Gasteiger partial charge in [-0.3, -0.25) is 0 Å². The van der Waals surface area contributed by atoms with Crippen molar-refractivity contribution in [1.82, 2.24) is 0 Å². The Labute approximate surface area is 185 Å². The molecule has 0 aliphatic carbocycles. The van der Waals surface area contributed by atoms with Crippen LogP contribution in [0.4, 0.5) is 11.4 Å². The van der Waals surface area contributed by atoms with Crippen LogP contribution in [0.1, 0.15) is 27.0 Å². The summed E-state index contributed by atoms with van der Waals surface area (Å²) >= 11 is 0. The van der Waals surface area contributed by atoms with E-state index in [1.165, 1.54) is 21.7 Å². The third-order valence-electron chi connectivity index (χ3n) is 6.92. The molecule has 4 nitrogen and oxygen atoms in total. The highest BCUT2D eigenvalue weighted by atomic mass is 28.3. The van der Waals surface area contributed by atoms with Gasteiger partial charge in [0.05, 0.1) is 5.56 Å². The number of carbonyl (C=O) groups excluding carboxylic acids is 1. The molecule has 0 saturated heterocycles. The second-order valence-electron chi connectivity index (χ2n) is 9.49. The van der Waals surface area contributed by atoms with Gasteiger partial charge < -0.3 is 14.5 Å². The van der Waals surface area contributed by atoms with Crippen molar-refractivity contribution < 1.29 is 9.53 Å². The number of nitrogens with zero attached hydrogens (tertiary/aromatic N) is 2. The molecule has 0 bridgehead atoms. The van der Waals surface area contributed by atoms with E-state index < -0.39 is 13.7 Å². The molecule has 5 heteroatoms. The molecule has 2 heterocycles. The molecular formula is C26H28N2O2Si. The van der Waals surface area contributed by atoms with E-state index >= 15 is 0 Å². The van der Waals surface area contributed by atoms with Gasteiger partial charge in [-0.2, -0.15) is 0 Å². The number of fused-ring (bicyclic) bond motifs is 6. The SMILES string of the molecule is CN(C)c1ccc2c(c1)[Si](C)(C)c1cc(N(C)C)ccc1C21OC(=O)c2ccccc21. The standard InChI is InChI=1S/C26H28N2O2Si/c1-27(2)17-11-13-21-23(15-17)31(5,6)24-16-18(28(3)4)12-14-22(24)26(21)20-10-8-7-9-19(20)25(29)30-26/h7-16H,1-6H3. The fourth-order valence-electron chi connectivity index (χ4n) is 5.18. The number of hydrogen-bond acceptors (Lipinski definition) is 4. The summed E-state index contributed by atoms with van der Waals surface area (Å²) in [4.78, 5) is 17.3. The molecule has 2 aliphatic heterocycles. The summed E-state index contributed by atoms with van der Waals surface area (Å²) in [6.07, 6.45) is 0. The van der Waals surface area contributed by atoms with Crippen LogP contribution in [-0.4, -0.2) is 42.2 Å². The number of carbonyl (C=O) groups is 1. The Kier molecular flexibility index (Phi) is 4.15. The molecule has 0 atom stereocenters. The summed E-state index contributed by atoms with van der Waals surface area (Å²) in [5.41, 5.74) is 5.27. The fourth-order valence-corrected chi connectivity index (χ4v) is 8.35. The van der Waals surface area contributed by atoms with Gasteiger partial charge in [-0.05, 0) is 40.7 Å². The third kappa shape index (κ3) is 2.56. The monoisotopic (exact) mass is 428 g/mol. The van der Waals surface area contributed by atoms with E-state index in [1.807, 2.05) is 24.3 Å². The van der Waals surface area contributed by atoms with E-state index in [4.69, 9.17) is 4.74 Å². The number of ether oxygens (including phenoxy) is 1. The quantitative estimate of drug-likeness (QED) is 0.463. The van der Waals surface area contributed by atoms with Crippen molar-refractivity contribution in [3.63, 3.8) is 0 Å². The molecule has 3 aromatic rings. The summed E-state index contributed by atoms with van der Waals surface area (Å²) < 4.78 is 6.36. The van der Waals surface area contributed by atoms with E-state index in [2.05, 4.69) is 87.5 Å². The first kappa shape index (κ1) is 19.9. The van der Waals surface area contributed by atoms with Crippen molar-refractivity contribution in [2.75, 3.05) is 38.0 Å². The minimum Gasteiger partial charge on any atom is -0.441 e. The first-order valence-corrected chi connectivity index (χ1v) is 13.7. The van der Waals surface area contributed by atoms with Crippen molar-refractivity contribution in [3.05, 3.63) is 82.9 Å². The van der Waals surface area contributed by atoms with Crippen LogP contribution >= 0.6 is 0 Å². The zero-order valence-electron chi connectivity index (χ0n) is 19.0. The predicted molar refractivity (Wildman–Crippen MR) is 130 cm³/mol. The Morgan fingerprint density at radius 1 is 0.742 bits per heavy atom. The van der Waals surface area contributed by atoms with Crippen molar-refractivity contribution in [3.8, 4) is 0 Å². The second-order valence-corrected chi connectivity index (χ2v) is 13.8. The summed E-state index contributed by atoms with van der Waals surface area (Å²) in [7, 11) is 6.20. The molecule has 158 valence electrons. The average Bonchev–Trinajstić information content (AvgIpc) is 3.05. The molecule has 2 aliphatic rings.